The zero-order valence-corrected chi connectivity index (χ0v) is 17.2. The summed E-state index contributed by atoms with van der Waals surface area (Å²) in [6.45, 7) is 2.38. The minimum absolute atomic E-state index is 0.281. The van der Waals surface area contributed by atoms with Crippen LogP contribution in [0.3, 0.4) is 0 Å². The van der Waals surface area contributed by atoms with E-state index in [1.807, 2.05) is 36.4 Å². The molecule has 0 aliphatic heterocycles. The Kier molecular flexibility index (Phi) is 5.18. The smallest absolute Gasteiger partial charge is 0.243 e. The van der Waals surface area contributed by atoms with Crippen LogP contribution in [0.5, 0.6) is 0 Å². The van der Waals surface area contributed by atoms with E-state index in [1.54, 1.807) is 43.6 Å². The van der Waals surface area contributed by atoms with Gasteiger partial charge in [0.2, 0.25) is 10.0 Å². The molecule has 0 amide bonds. The van der Waals surface area contributed by atoms with Crippen molar-refractivity contribution < 1.29 is 8.42 Å². The van der Waals surface area contributed by atoms with Gasteiger partial charge in [0.1, 0.15) is 0 Å². The average Bonchev–Trinajstić information content (AvgIpc) is 2.74. The first-order chi connectivity index (χ1) is 14.0. The number of nitrogens with zero attached hydrogens (tertiary/aromatic N) is 2. The molecule has 4 rings (SSSR count). The summed E-state index contributed by atoms with van der Waals surface area (Å²) in [6.07, 6.45) is 1.80. The molecular formula is C24H22N2O2S. The van der Waals surface area contributed by atoms with E-state index >= 15 is 0 Å². The number of rotatable bonds is 5. The highest BCUT2D eigenvalue weighted by Gasteiger charge is 2.20. The Labute approximate surface area is 171 Å². The van der Waals surface area contributed by atoms with Gasteiger partial charge in [-0.25, -0.2) is 8.42 Å². The quantitative estimate of drug-likeness (QED) is 0.470. The number of sulfonamides is 1. The van der Waals surface area contributed by atoms with E-state index in [0.717, 1.165) is 22.0 Å². The summed E-state index contributed by atoms with van der Waals surface area (Å²) < 4.78 is 26.9. The summed E-state index contributed by atoms with van der Waals surface area (Å²) in [6, 6.07) is 24.8. The van der Waals surface area contributed by atoms with Crippen LogP contribution in [0.1, 0.15) is 11.1 Å². The molecule has 0 atom stereocenters. The maximum absolute atomic E-state index is 12.8. The van der Waals surface area contributed by atoms with Gasteiger partial charge in [-0.2, -0.15) is 4.31 Å². The Hall–Kier alpha value is -3.02. The van der Waals surface area contributed by atoms with Crippen molar-refractivity contribution in [3.63, 3.8) is 0 Å². The van der Waals surface area contributed by atoms with Gasteiger partial charge in [-0.1, -0.05) is 54.6 Å². The van der Waals surface area contributed by atoms with Crippen LogP contribution in [-0.4, -0.2) is 24.8 Å². The standard InChI is InChI=1S/C24H22N2O2S/c1-18-8-6-7-11-21(18)22-14-15-25-24-16-19(12-13-23(22)24)17-26(2)29(27,28)20-9-4-3-5-10-20/h3-16H,17H2,1-2H3. The summed E-state index contributed by atoms with van der Waals surface area (Å²) in [5.74, 6) is 0. The summed E-state index contributed by atoms with van der Waals surface area (Å²) >= 11 is 0. The highest BCUT2D eigenvalue weighted by molar-refractivity contribution is 7.89. The minimum Gasteiger partial charge on any atom is -0.256 e. The third-order valence-electron chi connectivity index (χ3n) is 5.10. The fourth-order valence-electron chi connectivity index (χ4n) is 3.52. The Morgan fingerprint density at radius 3 is 2.34 bits per heavy atom. The number of hydrogen-bond acceptors (Lipinski definition) is 3. The second kappa shape index (κ2) is 7.78. The lowest BCUT2D eigenvalue weighted by Crippen LogP contribution is -2.26. The second-order valence-corrected chi connectivity index (χ2v) is 9.14. The average molecular weight is 403 g/mol. The monoisotopic (exact) mass is 402 g/mol. The molecule has 0 fully saturated rings. The van der Waals surface area contributed by atoms with Gasteiger partial charge < -0.3 is 0 Å². The number of fused-ring (bicyclic) bond motifs is 1. The molecule has 4 aromatic rings. The highest BCUT2D eigenvalue weighted by Crippen LogP contribution is 2.30. The third-order valence-corrected chi connectivity index (χ3v) is 6.92. The SMILES string of the molecule is Cc1ccccc1-c1ccnc2cc(CN(C)S(=O)(=O)c3ccccc3)ccc12. The van der Waals surface area contributed by atoms with Gasteiger partial charge >= 0.3 is 0 Å². The van der Waals surface area contributed by atoms with Crippen molar-refractivity contribution in [1.29, 1.82) is 0 Å². The molecule has 0 radical (unpaired) electrons. The van der Waals surface area contributed by atoms with Crippen molar-refractivity contribution in [3.05, 3.63) is 96.2 Å². The van der Waals surface area contributed by atoms with E-state index in [1.165, 1.54) is 15.4 Å². The van der Waals surface area contributed by atoms with Crippen LogP contribution in [0.4, 0.5) is 0 Å². The molecule has 3 aromatic carbocycles. The summed E-state index contributed by atoms with van der Waals surface area (Å²) in [4.78, 5) is 4.81. The lowest BCUT2D eigenvalue weighted by molar-refractivity contribution is 0.467. The molecule has 1 aromatic heterocycles. The Balaban J connectivity index is 1.68. The molecule has 0 aliphatic carbocycles. The molecule has 146 valence electrons. The predicted molar refractivity (Wildman–Crippen MR) is 117 cm³/mol. The number of pyridine rings is 1. The topological polar surface area (TPSA) is 50.3 Å². The molecule has 0 bridgehead atoms. The van der Waals surface area contributed by atoms with Crippen molar-refractivity contribution in [3.8, 4) is 11.1 Å². The zero-order chi connectivity index (χ0) is 20.4. The van der Waals surface area contributed by atoms with Gasteiger partial charge in [0.15, 0.2) is 0 Å². The summed E-state index contributed by atoms with van der Waals surface area (Å²) in [7, 11) is -1.93. The molecule has 5 heteroatoms. The molecular weight excluding hydrogens is 380 g/mol. The van der Waals surface area contributed by atoms with E-state index < -0.39 is 10.0 Å². The summed E-state index contributed by atoms with van der Waals surface area (Å²) in [5, 5.41) is 1.05. The van der Waals surface area contributed by atoms with Crippen molar-refractivity contribution >= 4 is 20.9 Å². The highest BCUT2D eigenvalue weighted by atomic mass is 32.2. The van der Waals surface area contributed by atoms with E-state index in [4.69, 9.17) is 0 Å². The fourth-order valence-corrected chi connectivity index (χ4v) is 4.70. The molecule has 29 heavy (non-hydrogen) atoms. The van der Waals surface area contributed by atoms with Crippen molar-refractivity contribution in [2.45, 2.75) is 18.4 Å². The van der Waals surface area contributed by atoms with E-state index in [0.29, 0.717) is 4.90 Å². The summed E-state index contributed by atoms with van der Waals surface area (Å²) in [5.41, 5.74) is 5.27. The van der Waals surface area contributed by atoms with Gasteiger partial charge in [-0.15, -0.1) is 0 Å². The maximum atomic E-state index is 12.8. The first-order valence-corrected chi connectivity index (χ1v) is 10.9. The normalized spacial score (nSPS) is 11.8. The molecule has 4 nitrogen and oxygen atoms in total. The van der Waals surface area contributed by atoms with Gasteiger partial charge in [-0.05, 0) is 53.4 Å². The molecule has 0 saturated heterocycles. The van der Waals surface area contributed by atoms with Crippen LogP contribution in [0.25, 0.3) is 22.0 Å². The van der Waals surface area contributed by atoms with Crippen LogP contribution >= 0.6 is 0 Å². The number of aromatic nitrogens is 1. The van der Waals surface area contributed by atoms with Crippen molar-refractivity contribution in [1.82, 2.24) is 9.29 Å². The Bertz CT molecular complexity index is 1270. The number of benzene rings is 3. The Morgan fingerprint density at radius 1 is 0.862 bits per heavy atom. The van der Waals surface area contributed by atoms with Crippen LogP contribution in [0.2, 0.25) is 0 Å². The minimum atomic E-state index is -3.53. The third kappa shape index (κ3) is 3.79. The lowest BCUT2D eigenvalue weighted by atomic mass is 9.97. The maximum Gasteiger partial charge on any atom is 0.243 e. The van der Waals surface area contributed by atoms with Gasteiger partial charge in [0.05, 0.1) is 10.4 Å². The van der Waals surface area contributed by atoms with E-state index in [2.05, 4.69) is 24.0 Å². The van der Waals surface area contributed by atoms with Crippen LogP contribution in [0.15, 0.2) is 90.0 Å². The van der Waals surface area contributed by atoms with Crippen molar-refractivity contribution in [2.75, 3.05) is 7.05 Å². The number of hydrogen-bond donors (Lipinski definition) is 0. The molecule has 0 aliphatic rings. The number of aryl methyl sites for hydroxylation is 1. The largest absolute Gasteiger partial charge is 0.256 e. The van der Waals surface area contributed by atoms with Crippen LogP contribution in [0, 0.1) is 6.92 Å². The molecule has 0 spiro atoms. The molecule has 0 N–H and O–H groups in total. The van der Waals surface area contributed by atoms with Crippen LogP contribution < -0.4 is 0 Å². The molecule has 1 heterocycles. The second-order valence-electron chi connectivity index (χ2n) is 7.10. The van der Waals surface area contributed by atoms with Crippen molar-refractivity contribution in [2.24, 2.45) is 0 Å². The molecule has 0 unspecified atom stereocenters. The van der Waals surface area contributed by atoms with Gasteiger partial charge in [0.25, 0.3) is 0 Å². The fraction of sp³-hybridized carbons (Fsp3) is 0.125. The Morgan fingerprint density at radius 2 is 1.59 bits per heavy atom. The molecule has 0 saturated carbocycles. The first-order valence-electron chi connectivity index (χ1n) is 9.42. The van der Waals surface area contributed by atoms with Gasteiger partial charge in [-0.3, -0.25) is 4.98 Å². The van der Waals surface area contributed by atoms with Crippen LogP contribution in [-0.2, 0) is 16.6 Å². The van der Waals surface area contributed by atoms with E-state index in [9.17, 15) is 8.42 Å². The van der Waals surface area contributed by atoms with E-state index in [-0.39, 0.29) is 6.54 Å². The zero-order valence-electron chi connectivity index (χ0n) is 16.4. The lowest BCUT2D eigenvalue weighted by Gasteiger charge is -2.18. The predicted octanol–water partition coefficient (Wildman–Crippen LogP) is 5.03. The first kappa shape index (κ1) is 19.3. The van der Waals surface area contributed by atoms with Gasteiger partial charge in [0, 0.05) is 25.2 Å².